The Kier molecular flexibility index (Phi) is 2.85. The number of rotatable bonds is 1. The zero-order valence-corrected chi connectivity index (χ0v) is 10.7. The summed E-state index contributed by atoms with van der Waals surface area (Å²) in [6, 6.07) is 8.69. The monoisotopic (exact) mass is 217 g/mol. The molecule has 0 fully saturated rings. The summed E-state index contributed by atoms with van der Waals surface area (Å²) in [6.07, 6.45) is 2.32. The van der Waals surface area contributed by atoms with Gasteiger partial charge in [-0.3, -0.25) is 0 Å². The number of benzene rings is 1. The van der Waals surface area contributed by atoms with Crippen LogP contribution in [0.15, 0.2) is 29.4 Å². The van der Waals surface area contributed by atoms with Gasteiger partial charge in [-0.2, -0.15) is 0 Å². The Morgan fingerprint density at radius 2 is 1.88 bits per heavy atom. The summed E-state index contributed by atoms with van der Waals surface area (Å²) < 4.78 is 0.651. The van der Waals surface area contributed by atoms with E-state index in [4.69, 9.17) is 5.10 Å². The highest BCUT2D eigenvalue weighted by Crippen LogP contribution is 2.31. The van der Waals surface area contributed by atoms with Crippen molar-refractivity contribution >= 4 is 5.71 Å². The van der Waals surface area contributed by atoms with Gasteiger partial charge in [-0.1, -0.05) is 36.3 Å². The summed E-state index contributed by atoms with van der Waals surface area (Å²) >= 11 is 0. The van der Waals surface area contributed by atoms with E-state index >= 15 is 0 Å². The van der Waals surface area contributed by atoms with Gasteiger partial charge in [0.15, 0.2) is 0 Å². The van der Waals surface area contributed by atoms with Crippen LogP contribution in [0.5, 0.6) is 0 Å². The molecule has 0 heterocycles. The molecule has 2 heteroatoms. The summed E-state index contributed by atoms with van der Waals surface area (Å²) in [4.78, 5) is 0. The molecule has 1 atom stereocenters. The maximum absolute atomic E-state index is 4.80. The summed E-state index contributed by atoms with van der Waals surface area (Å²) in [5.74, 6) is 0.669. The first-order valence-corrected chi connectivity index (χ1v) is 5.97. The van der Waals surface area contributed by atoms with Crippen molar-refractivity contribution in [2.75, 3.05) is 21.1 Å². The van der Waals surface area contributed by atoms with E-state index in [-0.39, 0.29) is 0 Å². The molecular formula is C14H21N2+. The van der Waals surface area contributed by atoms with Crippen LogP contribution in [-0.4, -0.2) is 31.4 Å². The normalized spacial score (nSPS) is 23.2. The first-order chi connectivity index (χ1) is 7.47. The lowest BCUT2D eigenvalue weighted by Crippen LogP contribution is -2.30. The van der Waals surface area contributed by atoms with Crippen molar-refractivity contribution in [1.29, 1.82) is 0 Å². The van der Waals surface area contributed by atoms with E-state index in [0.29, 0.717) is 10.5 Å². The molecule has 2 rings (SSSR count). The summed E-state index contributed by atoms with van der Waals surface area (Å²) in [7, 11) is 6.31. The summed E-state index contributed by atoms with van der Waals surface area (Å²) in [5, 5.41) is 4.80. The van der Waals surface area contributed by atoms with Gasteiger partial charge in [0.1, 0.15) is 5.71 Å². The standard InChI is InChI=1S/C14H21N2/c1-11-9-10-14(15-16(2,3)4)13-8-6-5-7-12(11)13/h5-8,11H,9-10H2,1-4H3/q+1/b15-14-/t11-/m1/s1. The van der Waals surface area contributed by atoms with Crippen LogP contribution in [0, 0.1) is 0 Å². The first-order valence-electron chi connectivity index (χ1n) is 5.97. The van der Waals surface area contributed by atoms with Crippen molar-refractivity contribution in [2.45, 2.75) is 25.7 Å². The molecule has 0 N–H and O–H groups in total. The van der Waals surface area contributed by atoms with E-state index in [1.165, 1.54) is 23.3 Å². The minimum Gasteiger partial charge on any atom is -0.205 e. The molecule has 1 aromatic rings. The van der Waals surface area contributed by atoms with E-state index in [1.54, 1.807) is 0 Å². The van der Waals surface area contributed by atoms with Gasteiger partial charge < -0.3 is 0 Å². The first kappa shape index (κ1) is 11.3. The molecule has 2 nitrogen and oxygen atoms in total. The van der Waals surface area contributed by atoms with E-state index in [0.717, 1.165) is 6.42 Å². The predicted molar refractivity (Wildman–Crippen MR) is 68.7 cm³/mol. The van der Waals surface area contributed by atoms with Gasteiger partial charge in [-0.05, 0) is 24.3 Å². The molecule has 86 valence electrons. The Morgan fingerprint density at radius 3 is 2.56 bits per heavy atom. The molecule has 0 unspecified atom stereocenters. The average molecular weight is 217 g/mol. The third kappa shape index (κ3) is 2.33. The molecule has 16 heavy (non-hydrogen) atoms. The molecule has 0 aromatic heterocycles. The molecule has 0 aliphatic heterocycles. The van der Waals surface area contributed by atoms with Crippen molar-refractivity contribution in [3.05, 3.63) is 35.4 Å². The SMILES string of the molecule is C[C@@H]1CC/C(=N/[N+](C)(C)C)c2ccccc21. The average Bonchev–Trinajstić information content (AvgIpc) is 2.21. The Bertz CT molecular complexity index is 413. The number of hydrogen-bond donors (Lipinski definition) is 0. The molecule has 1 aliphatic rings. The summed E-state index contributed by atoms with van der Waals surface area (Å²) in [5.41, 5.74) is 4.08. The van der Waals surface area contributed by atoms with E-state index in [1.807, 2.05) is 0 Å². The molecule has 1 aromatic carbocycles. The fourth-order valence-electron chi connectivity index (χ4n) is 2.30. The maximum atomic E-state index is 4.80. The van der Waals surface area contributed by atoms with Crippen LogP contribution in [0.25, 0.3) is 0 Å². The number of fused-ring (bicyclic) bond motifs is 1. The van der Waals surface area contributed by atoms with Gasteiger partial charge in [0.25, 0.3) is 0 Å². The number of quaternary nitrogens is 1. The Labute approximate surface area is 98.2 Å². The topological polar surface area (TPSA) is 12.4 Å². The maximum Gasteiger partial charge on any atom is 0.103 e. The van der Waals surface area contributed by atoms with Gasteiger partial charge in [0, 0.05) is 5.56 Å². The highest BCUT2D eigenvalue weighted by atomic mass is 15.6. The zero-order valence-electron chi connectivity index (χ0n) is 10.7. The molecule has 1 aliphatic carbocycles. The van der Waals surface area contributed by atoms with Crippen LogP contribution in [0.3, 0.4) is 0 Å². The Morgan fingerprint density at radius 1 is 1.19 bits per heavy atom. The lowest BCUT2D eigenvalue weighted by Gasteiger charge is -2.25. The summed E-state index contributed by atoms with van der Waals surface area (Å²) in [6.45, 7) is 2.31. The molecular weight excluding hydrogens is 196 g/mol. The van der Waals surface area contributed by atoms with Crippen molar-refractivity contribution in [3.8, 4) is 0 Å². The molecule has 0 saturated heterocycles. The highest BCUT2D eigenvalue weighted by molar-refractivity contribution is 6.02. The van der Waals surface area contributed by atoms with Crippen LogP contribution in [0.1, 0.15) is 36.8 Å². The van der Waals surface area contributed by atoms with Crippen LogP contribution < -0.4 is 0 Å². The molecule has 0 spiro atoms. The van der Waals surface area contributed by atoms with Crippen molar-refractivity contribution in [2.24, 2.45) is 5.10 Å². The van der Waals surface area contributed by atoms with Gasteiger partial charge >= 0.3 is 0 Å². The largest absolute Gasteiger partial charge is 0.205 e. The smallest absolute Gasteiger partial charge is 0.103 e. The lowest BCUT2D eigenvalue weighted by atomic mass is 9.83. The van der Waals surface area contributed by atoms with Crippen LogP contribution >= 0.6 is 0 Å². The fourth-order valence-corrected chi connectivity index (χ4v) is 2.30. The number of nitrogens with zero attached hydrogens (tertiary/aromatic N) is 2. The highest BCUT2D eigenvalue weighted by Gasteiger charge is 2.23. The second-order valence-electron chi connectivity index (χ2n) is 5.52. The van der Waals surface area contributed by atoms with Gasteiger partial charge in [-0.15, -0.1) is 0 Å². The number of hydrogen-bond acceptors (Lipinski definition) is 1. The van der Waals surface area contributed by atoms with Crippen molar-refractivity contribution in [3.63, 3.8) is 0 Å². The van der Waals surface area contributed by atoms with Gasteiger partial charge in [0.05, 0.1) is 21.1 Å². The third-order valence-corrected chi connectivity index (χ3v) is 3.04. The minimum absolute atomic E-state index is 0.651. The van der Waals surface area contributed by atoms with Crippen LogP contribution in [0.4, 0.5) is 0 Å². The third-order valence-electron chi connectivity index (χ3n) is 3.04. The minimum atomic E-state index is 0.651. The lowest BCUT2D eigenvalue weighted by molar-refractivity contribution is -0.877. The Hall–Kier alpha value is -1.15. The van der Waals surface area contributed by atoms with Crippen molar-refractivity contribution < 1.29 is 4.59 Å². The van der Waals surface area contributed by atoms with E-state index in [9.17, 15) is 0 Å². The van der Waals surface area contributed by atoms with Crippen LogP contribution in [0.2, 0.25) is 0 Å². The second kappa shape index (κ2) is 4.02. The second-order valence-corrected chi connectivity index (χ2v) is 5.52. The van der Waals surface area contributed by atoms with Crippen molar-refractivity contribution in [1.82, 2.24) is 0 Å². The van der Waals surface area contributed by atoms with E-state index < -0.39 is 0 Å². The molecule has 0 radical (unpaired) electrons. The van der Waals surface area contributed by atoms with Gasteiger partial charge in [0.2, 0.25) is 0 Å². The molecule has 0 amide bonds. The Balaban J connectivity index is 2.47. The zero-order chi connectivity index (χ0) is 11.8. The fraction of sp³-hybridized carbons (Fsp3) is 0.500. The quantitative estimate of drug-likeness (QED) is 0.506. The molecule has 0 saturated carbocycles. The van der Waals surface area contributed by atoms with Crippen LogP contribution in [-0.2, 0) is 0 Å². The predicted octanol–water partition coefficient (Wildman–Crippen LogP) is 2.99. The molecule has 0 bridgehead atoms. The van der Waals surface area contributed by atoms with Gasteiger partial charge in [-0.25, -0.2) is 4.59 Å². The van der Waals surface area contributed by atoms with E-state index in [2.05, 4.69) is 52.3 Å².